The van der Waals surface area contributed by atoms with Crippen molar-refractivity contribution in [2.45, 2.75) is 12.5 Å². The molecule has 0 saturated carbocycles. The third-order valence-corrected chi connectivity index (χ3v) is 2.36. The van der Waals surface area contributed by atoms with Crippen LogP contribution < -0.4 is 11.5 Å². The smallest absolute Gasteiger partial charge is 0.322 e. The van der Waals surface area contributed by atoms with Crippen LogP contribution in [-0.2, 0) is 16.0 Å². The van der Waals surface area contributed by atoms with Crippen molar-refractivity contribution in [3.63, 3.8) is 0 Å². The molecule has 0 amide bonds. The Balaban J connectivity index is 2.73. The van der Waals surface area contributed by atoms with E-state index in [1.165, 1.54) is 7.11 Å². The highest BCUT2D eigenvalue weighted by Crippen LogP contribution is 2.20. The monoisotopic (exact) mass is 228 g/mol. The fourth-order valence-corrected chi connectivity index (χ4v) is 1.33. The summed E-state index contributed by atoms with van der Waals surface area (Å²) in [6, 6.07) is 4.48. The van der Waals surface area contributed by atoms with E-state index in [-0.39, 0.29) is 0 Å². The normalized spacial score (nSPS) is 12.2. The van der Waals surface area contributed by atoms with Crippen LogP contribution in [0.3, 0.4) is 0 Å². The number of hydrogen-bond acceptors (Lipinski definition) is 4. The highest BCUT2D eigenvalue weighted by atomic mass is 35.5. The van der Waals surface area contributed by atoms with Gasteiger partial charge in [0.15, 0.2) is 0 Å². The molecule has 0 aliphatic rings. The van der Waals surface area contributed by atoms with Crippen molar-refractivity contribution in [3.05, 3.63) is 28.8 Å². The van der Waals surface area contributed by atoms with Crippen LogP contribution in [0, 0.1) is 0 Å². The van der Waals surface area contributed by atoms with Crippen molar-refractivity contribution < 1.29 is 9.53 Å². The summed E-state index contributed by atoms with van der Waals surface area (Å²) in [7, 11) is 1.30. The first kappa shape index (κ1) is 11.8. The van der Waals surface area contributed by atoms with Crippen molar-refractivity contribution in [3.8, 4) is 0 Å². The van der Waals surface area contributed by atoms with Gasteiger partial charge >= 0.3 is 5.97 Å². The summed E-state index contributed by atoms with van der Waals surface area (Å²) in [5.74, 6) is -0.441. The first-order valence-corrected chi connectivity index (χ1v) is 4.79. The third-order valence-electron chi connectivity index (χ3n) is 2.02. The minimum absolute atomic E-state index is 0.383. The van der Waals surface area contributed by atoms with E-state index in [4.69, 9.17) is 23.1 Å². The summed E-state index contributed by atoms with van der Waals surface area (Å²) in [4.78, 5) is 11.1. The zero-order valence-corrected chi connectivity index (χ0v) is 9.12. The summed E-state index contributed by atoms with van der Waals surface area (Å²) in [6.07, 6.45) is 0.383. The van der Waals surface area contributed by atoms with Gasteiger partial charge in [-0.2, -0.15) is 0 Å². The fourth-order valence-electron chi connectivity index (χ4n) is 1.21. The number of esters is 1. The first-order valence-electron chi connectivity index (χ1n) is 4.42. The standard InChI is InChI=1S/C10H13ClN2O2/c1-15-10(14)9(13)5-6-2-3-7(11)8(12)4-6/h2-4,9H,5,12-13H2,1H3/t9-/m0/s1. The van der Waals surface area contributed by atoms with Crippen LogP contribution in [0.5, 0.6) is 0 Å². The van der Waals surface area contributed by atoms with Gasteiger partial charge in [0.25, 0.3) is 0 Å². The highest BCUT2D eigenvalue weighted by molar-refractivity contribution is 6.33. The molecule has 1 aromatic carbocycles. The van der Waals surface area contributed by atoms with Gasteiger partial charge < -0.3 is 16.2 Å². The topological polar surface area (TPSA) is 78.3 Å². The van der Waals surface area contributed by atoms with Crippen LogP contribution in [0.1, 0.15) is 5.56 Å². The number of nitrogens with two attached hydrogens (primary N) is 2. The zero-order chi connectivity index (χ0) is 11.4. The number of benzene rings is 1. The quantitative estimate of drug-likeness (QED) is 0.597. The number of ether oxygens (including phenoxy) is 1. The molecule has 4 nitrogen and oxygen atoms in total. The molecule has 0 aromatic heterocycles. The van der Waals surface area contributed by atoms with Crippen LogP contribution >= 0.6 is 11.6 Å². The second kappa shape index (κ2) is 5.00. The number of hydrogen-bond donors (Lipinski definition) is 2. The van der Waals surface area contributed by atoms with E-state index < -0.39 is 12.0 Å². The number of carbonyl (C=O) groups is 1. The molecule has 0 radical (unpaired) electrons. The lowest BCUT2D eigenvalue weighted by Crippen LogP contribution is -2.33. The van der Waals surface area contributed by atoms with Crippen molar-refractivity contribution in [1.29, 1.82) is 0 Å². The van der Waals surface area contributed by atoms with E-state index in [1.807, 2.05) is 0 Å². The van der Waals surface area contributed by atoms with Gasteiger partial charge in [-0.1, -0.05) is 17.7 Å². The molecule has 0 bridgehead atoms. The van der Waals surface area contributed by atoms with E-state index in [2.05, 4.69) is 4.74 Å². The lowest BCUT2D eigenvalue weighted by Gasteiger charge is -2.09. The third kappa shape index (κ3) is 3.11. The predicted octanol–water partition coefficient (Wildman–Crippen LogP) is 0.965. The molecule has 0 unspecified atom stereocenters. The van der Waals surface area contributed by atoms with Gasteiger partial charge in [0.2, 0.25) is 0 Å². The summed E-state index contributed by atoms with van der Waals surface area (Å²) in [5.41, 5.74) is 12.5. The lowest BCUT2D eigenvalue weighted by atomic mass is 10.1. The van der Waals surface area contributed by atoms with Gasteiger partial charge in [0.1, 0.15) is 6.04 Å². The molecule has 1 aromatic rings. The molecule has 0 fully saturated rings. The Morgan fingerprint density at radius 1 is 1.60 bits per heavy atom. The average Bonchev–Trinajstić information content (AvgIpc) is 2.22. The minimum Gasteiger partial charge on any atom is -0.468 e. The maximum atomic E-state index is 11.1. The Labute approximate surface area is 93.1 Å². The predicted molar refractivity (Wildman–Crippen MR) is 59.6 cm³/mol. The molecule has 82 valence electrons. The molecule has 0 spiro atoms. The number of rotatable bonds is 3. The molecule has 0 saturated heterocycles. The lowest BCUT2D eigenvalue weighted by molar-refractivity contribution is -0.142. The SMILES string of the molecule is COC(=O)[C@@H](N)Cc1ccc(Cl)c(N)c1. The molecule has 0 heterocycles. The van der Waals surface area contributed by atoms with E-state index in [9.17, 15) is 4.79 Å². The minimum atomic E-state index is -0.671. The van der Waals surface area contributed by atoms with Crippen molar-refractivity contribution in [2.75, 3.05) is 12.8 Å². The number of nitrogen functional groups attached to an aromatic ring is 1. The summed E-state index contributed by atoms with van der Waals surface area (Å²) < 4.78 is 4.52. The molecule has 0 aliphatic heterocycles. The molecule has 0 aliphatic carbocycles. The first-order chi connectivity index (χ1) is 7.04. The maximum absolute atomic E-state index is 11.1. The second-order valence-corrected chi connectivity index (χ2v) is 3.60. The number of halogens is 1. The Hall–Kier alpha value is -1.26. The van der Waals surface area contributed by atoms with Gasteiger partial charge in [-0.15, -0.1) is 0 Å². The summed E-state index contributed by atoms with van der Waals surface area (Å²) in [6.45, 7) is 0. The van der Waals surface area contributed by atoms with Crippen LogP contribution in [-0.4, -0.2) is 19.1 Å². The van der Waals surface area contributed by atoms with E-state index >= 15 is 0 Å². The molecular weight excluding hydrogens is 216 g/mol. The van der Waals surface area contributed by atoms with E-state index in [0.717, 1.165) is 5.56 Å². The highest BCUT2D eigenvalue weighted by Gasteiger charge is 2.14. The largest absolute Gasteiger partial charge is 0.468 e. The molecule has 4 N–H and O–H groups in total. The van der Waals surface area contributed by atoms with Crippen LogP contribution in [0.15, 0.2) is 18.2 Å². The van der Waals surface area contributed by atoms with Crippen molar-refractivity contribution >= 4 is 23.3 Å². The van der Waals surface area contributed by atoms with Gasteiger partial charge in [0.05, 0.1) is 17.8 Å². The molecule has 5 heteroatoms. The Bertz CT molecular complexity index is 368. The summed E-state index contributed by atoms with van der Waals surface area (Å²) in [5, 5.41) is 0.491. The zero-order valence-electron chi connectivity index (χ0n) is 8.37. The maximum Gasteiger partial charge on any atom is 0.322 e. The number of anilines is 1. The van der Waals surface area contributed by atoms with Gasteiger partial charge in [-0.25, -0.2) is 0 Å². The van der Waals surface area contributed by atoms with Gasteiger partial charge in [-0.05, 0) is 24.1 Å². The van der Waals surface area contributed by atoms with E-state index in [1.54, 1.807) is 18.2 Å². The molecule has 1 rings (SSSR count). The van der Waals surface area contributed by atoms with Crippen LogP contribution in [0.25, 0.3) is 0 Å². The fraction of sp³-hybridized carbons (Fsp3) is 0.300. The Kier molecular flexibility index (Phi) is 3.94. The molecule has 15 heavy (non-hydrogen) atoms. The van der Waals surface area contributed by atoms with Crippen molar-refractivity contribution in [2.24, 2.45) is 5.73 Å². The van der Waals surface area contributed by atoms with Gasteiger partial charge in [-0.3, -0.25) is 4.79 Å². The Morgan fingerprint density at radius 2 is 2.27 bits per heavy atom. The van der Waals surface area contributed by atoms with E-state index in [0.29, 0.717) is 17.1 Å². The van der Waals surface area contributed by atoms with Crippen LogP contribution in [0.4, 0.5) is 5.69 Å². The van der Waals surface area contributed by atoms with Crippen LogP contribution in [0.2, 0.25) is 5.02 Å². The van der Waals surface area contributed by atoms with Crippen molar-refractivity contribution in [1.82, 2.24) is 0 Å². The summed E-state index contributed by atoms with van der Waals surface area (Å²) >= 11 is 5.76. The average molecular weight is 229 g/mol. The molecule has 1 atom stereocenters. The number of methoxy groups -OCH3 is 1. The second-order valence-electron chi connectivity index (χ2n) is 3.19. The Morgan fingerprint density at radius 3 is 2.80 bits per heavy atom. The number of carbonyl (C=O) groups excluding carboxylic acids is 1. The molecular formula is C10H13ClN2O2. The van der Waals surface area contributed by atoms with Gasteiger partial charge in [0, 0.05) is 0 Å².